The van der Waals surface area contributed by atoms with Gasteiger partial charge in [-0.2, -0.15) is 0 Å². The third kappa shape index (κ3) is 3.77. The van der Waals surface area contributed by atoms with E-state index in [4.69, 9.17) is 4.74 Å². The Kier molecular flexibility index (Phi) is 4.76. The zero-order chi connectivity index (χ0) is 13.0. The molecule has 102 valence electrons. The molecule has 1 aromatic rings. The van der Waals surface area contributed by atoms with Gasteiger partial charge in [0.05, 0.1) is 11.6 Å². The molecule has 0 radical (unpaired) electrons. The Morgan fingerprint density at radius 3 is 2.89 bits per heavy atom. The van der Waals surface area contributed by atoms with E-state index in [0.29, 0.717) is 5.41 Å². The number of ether oxygens (including phenoxy) is 1. The van der Waals surface area contributed by atoms with Crippen molar-refractivity contribution >= 4 is 11.3 Å². The minimum absolute atomic E-state index is 0.382. The van der Waals surface area contributed by atoms with Crippen molar-refractivity contribution in [1.29, 1.82) is 0 Å². The molecule has 0 aromatic carbocycles. The molecular weight excluding hydrogens is 244 g/mol. The molecule has 1 N–H and O–H groups in total. The van der Waals surface area contributed by atoms with Gasteiger partial charge in [-0.05, 0) is 37.5 Å². The van der Waals surface area contributed by atoms with Crippen LogP contribution in [0.5, 0.6) is 0 Å². The molecule has 1 fully saturated rings. The predicted octanol–water partition coefficient (Wildman–Crippen LogP) is 2.65. The van der Waals surface area contributed by atoms with Crippen molar-refractivity contribution in [3.05, 3.63) is 16.1 Å². The van der Waals surface area contributed by atoms with Crippen LogP contribution < -0.4 is 5.32 Å². The van der Waals surface area contributed by atoms with Gasteiger partial charge in [0.1, 0.15) is 0 Å². The highest BCUT2D eigenvalue weighted by Gasteiger charge is 2.41. The van der Waals surface area contributed by atoms with E-state index in [-0.39, 0.29) is 0 Å². The van der Waals surface area contributed by atoms with Crippen LogP contribution in [0.3, 0.4) is 0 Å². The van der Waals surface area contributed by atoms with Crippen molar-refractivity contribution in [3.63, 3.8) is 0 Å². The molecule has 1 aromatic heterocycles. The van der Waals surface area contributed by atoms with Crippen LogP contribution in [0.4, 0.5) is 0 Å². The first kappa shape index (κ1) is 14.0. The summed E-state index contributed by atoms with van der Waals surface area (Å²) in [4.78, 5) is 5.79. The average molecular weight is 268 g/mol. The van der Waals surface area contributed by atoms with Gasteiger partial charge in [-0.1, -0.05) is 6.92 Å². The van der Waals surface area contributed by atoms with Crippen LogP contribution in [-0.4, -0.2) is 31.8 Å². The van der Waals surface area contributed by atoms with Gasteiger partial charge in [0, 0.05) is 31.3 Å². The number of aromatic nitrogens is 1. The van der Waals surface area contributed by atoms with Crippen molar-refractivity contribution in [1.82, 2.24) is 10.3 Å². The number of rotatable bonds is 8. The van der Waals surface area contributed by atoms with Gasteiger partial charge >= 0.3 is 0 Å². The Labute approximate surface area is 114 Å². The molecule has 1 atom stereocenters. The molecule has 0 amide bonds. The van der Waals surface area contributed by atoms with Gasteiger partial charge in [-0.15, -0.1) is 11.3 Å². The van der Waals surface area contributed by atoms with Gasteiger partial charge in [-0.25, -0.2) is 4.98 Å². The quantitative estimate of drug-likeness (QED) is 0.736. The molecule has 3 nitrogen and oxygen atoms in total. The van der Waals surface area contributed by atoms with Crippen molar-refractivity contribution in [2.45, 2.75) is 33.1 Å². The Morgan fingerprint density at radius 1 is 1.56 bits per heavy atom. The summed E-state index contributed by atoms with van der Waals surface area (Å²) in [5.74, 6) is 0.884. The first-order valence-electron chi connectivity index (χ1n) is 6.75. The fourth-order valence-electron chi connectivity index (χ4n) is 2.56. The van der Waals surface area contributed by atoms with Crippen LogP contribution in [0.2, 0.25) is 0 Å². The maximum Gasteiger partial charge on any atom is 0.0896 e. The molecule has 4 heteroatoms. The highest BCUT2D eigenvalue weighted by atomic mass is 32.1. The summed E-state index contributed by atoms with van der Waals surface area (Å²) in [6.45, 7) is 7.32. The topological polar surface area (TPSA) is 34.1 Å². The summed E-state index contributed by atoms with van der Waals surface area (Å²) in [7, 11) is 1.75. The molecular formula is C14H24N2OS. The van der Waals surface area contributed by atoms with Crippen LogP contribution in [-0.2, 0) is 11.2 Å². The Morgan fingerprint density at radius 2 is 2.33 bits per heavy atom. The molecule has 1 heterocycles. The summed E-state index contributed by atoms with van der Waals surface area (Å²) < 4.78 is 5.08. The van der Waals surface area contributed by atoms with Crippen LogP contribution in [0.25, 0.3) is 0 Å². The van der Waals surface area contributed by atoms with Crippen LogP contribution >= 0.6 is 11.3 Å². The van der Waals surface area contributed by atoms with E-state index < -0.39 is 0 Å². The molecule has 1 saturated carbocycles. The monoisotopic (exact) mass is 268 g/mol. The zero-order valence-electron chi connectivity index (χ0n) is 11.7. The maximum atomic E-state index is 5.08. The van der Waals surface area contributed by atoms with Gasteiger partial charge in [0.2, 0.25) is 0 Å². The zero-order valence-corrected chi connectivity index (χ0v) is 12.5. The molecule has 0 bridgehead atoms. The summed E-state index contributed by atoms with van der Waals surface area (Å²) in [5.41, 5.74) is 0.382. The molecule has 1 unspecified atom stereocenters. The average Bonchev–Trinajstić information content (AvgIpc) is 3.11. The lowest BCUT2D eigenvalue weighted by molar-refractivity contribution is 0.187. The fraction of sp³-hybridized carbons (Fsp3) is 0.786. The number of aryl methyl sites for hydroxylation is 1. The lowest BCUT2D eigenvalue weighted by Gasteiger charge is -2.29. The van der Waals surface area contributed by atoms with E-state index in [9.17, 15) is 0 Å². The summed E-state index contributed by atoms with van der Waals surface area (Å²) in [6.07, 6.45) is 5.99. The lowest BCUT2D eigenvalue weighted by atomic mass is 9.81. The van der Waals surface area contributed by atoms with Gasteiger partial charge in [-0.3, -0.25) is 0 Å². The second-order valence-corrected chi connectivity index (χ2v) is 6.94. The lowest BCUT2D eigenvalue weighted by Crippen LogP contribution is -2.36. The van der Waals surface area contributed by atoms with Crippen molar-refractivity contribution in [2.75, 3.05) is 26.8 Å². The number of thiazole rings is 1. The number of nitrogens with one attached hydrogen (secondary N) is 1. The third-order valence-electron chi connectivity index (χ3n) is 3.82. The number of methoxy groups -OCH3 is 1. The SMILES string of the molecule is COCCNCC(C)(Cc1cnc(C)s1)C1CC1. The number of hydrogen-bond donors (Lipinski definition) is 1. The van der Waals surface area contributed by atoms with E-state index >= 15 is 0 Å². The second-order valence-electron chi connectivity index (χ2n) is 5.62. The minimum atomic E-state index is 0.382. The van der Waals surface area contributed by atoms with E-state index in [0.717, 1.165) is 32.0 Å². The van der Waals surface area contributed by atoms with Crippen molar-refractivity contribution in [2.24, 2.45) is 11.3 Å². The highest BCUT2D eigenvalue weighted by molar-refractivity contribution is 7.11. The minimum Gasteiger partial charge on any atom is -0.383 e. The smallest absolute Gasteiger partial charge is 0.0896 e. The predicted molar refractivity (Wildman–Crippen MR) is 76.1 cm³/mol. The molecule has 1 aliphatic carbocycles. The molecule has 0 spiro atoms. The highest BCUT2D eigenvalue weighted by Crippen LogP contribution is 2.47. The second kappa shape index (κ2) is 6.13. The van der Waals surface area contributed by atoms with Crippen LogP contribution in [0.15, 0.2) is 6.20 Å². The van der Waals surface area contributed by atoms with E-state index in [2.05, 4.69) is 30.3 Å². The summed E-state index contributed by atoms with van der Waals surface area (Å²) in [5, 5.41) is 4.71. The number of nitrogens with zero attached hydrogens (tertiary/aromatic N) is 1. The summed E-state index contributed by atoms with van der Waals surface area (Å²) >= 11 is 1.84. The molecule has 1 aliphatic rings. The number of hydrogen-bond acceptors (Lipinski definition) is 4. The Hall–Kier alpha value is -0.450. The first-order chi connectivity index (χ1) is 8.64. The maximum absolute atomic E-state index is 5.08. The largest absolute Gasteiger partial charge is 0.383 e. The normalized spacial score (nSPS) is 18.8. The molecule has 2 rings (SSSR count). The molecule has 0 aliphatic heterocycles. The Balaban J connectivity index is 1.89. The molecule has 0 saturated heterocycles. The fourth-order valence-corrected chi connectivity index (χ4v) is 3.56. The molecule has 18 heavy (non-hydrogen) atoms. The Bertz CT molecular complexity index is 376. The van der Waals surface area contributed by atoms with Crippen LogP contribution in [0.1, 0.15) is 29.7 Å². The van der Waals surface area contributed by atoms with Gasteiger partial charge in [0.15, 0.2) is 0 Å². The van der Waals surface area contributed by atoms with Gasteiger partial charge < -0.3 is 10.1 Å². The van der Waals surface area contributed by atoms with E-state index in [1.165, 1.54) is 22.7 Å². The van der Waals surface area contributed by atoms with E-state index in [1.807, 2.05) is 11.3 Å². The van der Waals surface area contributed by atoms with Crippen molar-refractivity contribution < 1.29 is 4.74 Å². The van der Waals surface area contributed by atoms with Crippen LogP contribution in [0, 0.1) is 18.3 Å². The summed E-state index contributed by atoms with van der Waals surface area (Å²) in [6, 6.07) is 0. The first-order valence-corrected chi connectivity index (χ1v) is 7.57. The van der Waals surface area contributed by atoms with Crippen molar-refractivity contribution in [3.8, 4) is 0 Å². The third-order valence-corrected chi connectivity index (χ3v) is 4.73. The van der Waals surface area contributed by atoms with Gasteiger partial charge in [0.25, 0.3) is 0 Å². The standard InChI is InChI=1S/C14H24N2OS/c1-11-16-9-13(18-11)8-14(2,12-4-5-12)10-15-6-7-17-3/h9,12,15H,4-8,10H2,1-3H3. The van der Waals surface area contributed by atoms with E-state index in [1.54, 1.807) is 7.11 Å².